The number of imidazole rings is 1. The van der Waals surface area contributed by atoms with Gasteiger partial charge in [0.2, 0.25) is 0 Å². The molecule has 17 heavy (non-hydrogen) atoms. The minimum absolute atomic E-state index is 0.0753. The van der Waals surface area contributed by atoms with Crippen LogP contribution in [0.5, 0.6) is 0 Å². The van der Waals surface area contributed by atoms with E-state index in [0.29, 0.717) is 5.69 Å². The highest BCUT2D eigenvalue weighted by molar-refractivity contribution is 5.88. The van der Waals surface area contributed by atoms with Gasteiger partial charge in [-0.25, -0.2) is 14.0 Å². The Hall–Kier alpha value is -2.37. The average Bonchev–Trinajstić information content (AvgIpc) is 2.59. The number of nitrogens with zero attached hydrogens (tertiary/aromatic N) is 1. The van der Waals surface area contributed by atoms with E-state index in [9.17, 15) is 14.0 Å². The average molecular weight is 236 g/mol. The van der Waals surface area contributed by atoms with Crippen LogP contribution in [0.3, 0.4) is 0 Å². The first-order valence-electron chi connectivity index (χ1n) is 4.81. The zero-order chi connectivity index (χ0) is 12.6. The van der Waals surface area contributed by atoms with Crippen molar-refractivity contribution in [1.29, 1.82) is 0 Å². The number of H-pyrrole nitrogens is 1. The number of aromatic carboxylic acids is 1. The minimum Gasteiger partial charge on any atom is -0.478 e. The smallest absolute Gasteiger partial charge is 0.338 e. The van der Waals surface area contributed by atoms with Gasteiger partial charge in [-0.15, -0.1) is 0 Å². The van der Waals surface area contributed by atoms with E-state index < -0.39 is 23.0 Å². The van der Waals surface area contributed by atoms with Crippen LogP contribution in [0.2, 0.25) is 0 Å². The van der Waals surface area contributed by atoms with Crippen molar-refractivity contribution >= 4 is 5.97 Å². The summed E-state index contributed by atoms with van der Waals surface area (Å²) < 4.78 is 15.0. The van der Waals surface area contributed by atoms with Gasteiger partial charge in [0.1, 0.15) is 0 Å². The first-order valence-corrected chi connectivity index (χ1v) is 4.81. The summed E-state index contributed by atoms with van der Waals surface area (Å²) in [6.45, 7) is 1.62. The molecule has 0 bridgehead atoms. The van der Waals surface area contributed by atoms with E-state index in [1.807, 2.05) is 0 Å². The first kappa shape index (κ1) is 11.1. The van der Waals surface area contributed by atoms with Gasteiger partial charge < -0.3 is 10.1 Å². The van der Waals surface area contributed by atoms with Gasteiger partial charge in [-0.1, -0.05) is 6.07 Å². The van der Waals surface area contributed by atoms with Crippen molar-refractivity contribution in [2.45, 2.75) is 6.92 Å². The molecule has 0 radical (unpaired) electrons. The second-order valence-corrected chi connectivity index (χ2v) is 3.51. The lowest BCUT2D eigenvalue weighted by molar-refractivity contribution is 0.0692. The van der Waals surface area contributed by atoms with Crippen molar-refractivity contribution in [3.8, 4) is 5.69 Å². The zero-order valence-electron chi connectivity index (χ0n) is 8.90. The van der Waals surface area contributed by atoms with Crippen LogP contribution >= 0.6 is 0 Å². The number of halogens is 1. The monoisotopic (exact) mass is 236 g/mol. The van der Waals surface area contributed by atoms with Crippen LogP contribution in [0.25, 0.3) is 5.69 Å². The molecule has 0 fully saturated rings. The summed E-state index contributed by atoms with van der Waals surface area (Å²) in [6, 6.07) is 3.89. The van der Waals surface area contributed by atoms with Gasteiger partial charge in [-0.2, -0.15) is 0 Å². The second-order valence-electron chi connectivity index (χ2n) is 3.51. The van der Waals surface area contributed by atoms with Crippen LogP contribution in [0.1, 0.15) is 16.1 Å². The van der Waals surface area contributed by atoms with Gasteiger partial charge in [0.05, 0.1) is 11.3 Å². The summed E-state index contributed by atoms with van der Waals surface area (Å²) in [7, 11) is 0. The van der Waals surface area contributed by atoms with Crippen LogP contribution in [-0.4, -0.2) is 20.6 Å². The van der Waals surface area contributed by atoms with E-state index in [1.165, 1.54) is 18.3 Å². The minimum atomic E-state index is -1.37. The van der Waals surface area contributed by atoms with E-state index in [4.69, 9.17) is 5.11 Å². The largest absolute Gasteiger partial charge is 0.478 e. The van der Waals surface area contributed by atoms with Crippen LogP contribution in [0, 0.1) is 12.7 Å². The third-order valence-corrected chi connectivity index (χ3v) is 2.41. The molecule has 2 aromatic rings. The number of aromatic amines is 1. The molecule has 2 N–H and O–H groups in total. The van der Waals surface area contributed by atoms with Crippen molar-refractivity contribution < 1.29 is 14.3 Å². The molecule has 0 spiro atoms. The molecule has 0 aliphatic heterocycles. The Morgan fingerprint density at radius 1 is 1.47 bits per heavy atom. The molecule has 0 amide bonds. The number of carbonyl (C=O) groups is 1. The number of benzene rings is 1. The maximum atomic E-state index is 13.9. The van der Waals surface area contributed by atoms with Gasteiger partial charge in [0.25, 0.3) is 0 Å². The maximum absolute atomic E-state index is 13.9. The van der Waals surface area contributed by atoms with E-state index in [-0.39, 0.29) is 5.69 Å². The van der Waals surface area contributed by atoms with E-state index in [2.05, 4.69) is 4.98 Å². The summed E-state index contributed by atoms with van der Waals surface area (Å²) in [4.78, 5) is 24.7. The van der Waals surface area contributed by atoms with Crippen molar-refractivity contribution in [1.82, 2.24) is 9.55 Å². The fourth-order valence-electron chi connectivity index (χ4n) is 1.61. The molecular weight excluding hydrogens is 227 g/mol. The highest BCUT2D eigenvalue weighted by Crippen LogP contribution is 2.17. The van der Waals surface area contributed by atoms with Crippen molar-refractivity contribution in [3.05, 3.63) is 52.0 Å². The number of carboxylic acids is 1. The summed E-state index contributed by atoms with van der Waals surface area (Å²) in [5.74, 6) is -2.30. The standard InChI is InChI=1S/C11H9FN2O3/c1-6-5-13-11(17)14(6)8-4-2-3-7(9(8)12)10(15)16/h2-5H,1H3,(H,13,17)(H,15,16). The lowest BCUT2D eigenvalue weighted by atomic mass is 10.2. The lowest BCUT2D eigenvalue weighted by Crippen LogP contribution is -2.18. The van der Waals surface area contributed by atoms with Crippen LogP contribution in [0.4, 0.5) is 4.39 Å². The summed E-state index contributed by atoms with van der Waals surface area (Å²) in [5, 5.41) is 8.79. The highest BCUT2D eigenvalue weighted by atomic mass is 19.1. The fraction of sp³-hybridized carbons (Fsp3) is 0.0909. The lowest BCUT2D eigenvalue weighted by Gasteiger charge is -2.07. The molecule has 0 saturated heterocycles. The Bertz CT molecular complexity index is 642. The molecule has 88 valence electrons. The van der Waals surface area contributed by atoms with E-state index in [0.717, 1.165) is 10.6 Å². The number of aryl methyl sites for hydroxylation is 1. The van der Waals surface area contributed by atoms with Gasteiger partial charge in [0.15, 0.2) is 5.82 Å². The highest BCUT2D eigenvalue weighted by Gasteiger charge is 2.17. The van der Waals surface area contributed by atoms with Gasteiger partial charge >= 0.3 is 11.7 Å². The van der Waals surface area contributed by atoms with Crippen molar-refractivity contribution in [3.63, 3.8) is 0 Å². The number of carboxylic acid groups (broad SMARTS) is 1. The quantitative estimate of drug-likeness (QED) is 0.825. The number of hydrogen-bond donors (Lipinski definition) is 2. The molecule has 0 aliphatic carbocycles. The van der Waals surface area contributed by atoms with Gasteiger partial charge in [-0.3, -0.25) is 4.57 Å². The summed E-state index contributed by atoms with van der Waals surface area (Å²) >= 11 is 0. The molecule has 1 heterocycles. The third kappa shape index (κ3) is 1.73. The maximum Gasteiger partial charge on any atom is 0.338 e. The Balaban J connectivity index is 2.74. The van der Waals surface area contributed by atoms with Crippen LogP contribution in [0.15, 0.2) is 29.2 Å². The van der Waals surface area contributed by atoms with Gasteiger partial charge in [0, 0.05) is 11.9 Å². The topological polar surface area (TPSA) is 75.1 Å². The van der Waals surface area contributed by atoms with Crippen LogP contribution in [-0.2, 0) is 0 Å². The predicted octanol–water partition coefficient (Wildman–Crippen LogP) is 1.31. The van der Waals surface area contributed by atoms with Gasteiger partial charge in [-0.05, 0) is 19.1 Å². The molecule has 0 atom stereocenters. The molecule has 0 unspecified atom stereocenters. The molecule has 0 saturated carbocycles. The van der Waals surface area contributed by atoms with Crippen molar-refractivity contribution in [2.24, 2.45) is 0 Å². The molecule has 6 heteroatoms. The predicted molar refractivity (Wildman–Crippen MR) is 58.0 cm³/mol. The second kappa shape index (κ2) is 3.89. The number of rotatable bonds is 2. The Kier molecular flexibility index (Phi) is 2.55. The normalized spacial score (nSPS) is 10.5. The number of aromatic nitrogens is 2. The molecule has 0 aliphatic rings. The van der Waals surface area contributed by atoms with E-state index >= 15 is 0 Å². The first-order chi connectivity index (χ1) is 8.02. The number of nitrogens with one attached hydrogen (secondary N) is 1. The summed E-state index contributed by atoms with van der Waals surface area (Å²) in [6.07, 6.45) is 1.43. The molecular formula is C11H9FN2O3. The fourth-order valence-corrected chi connectivity index (χ4v) is 1.61. The molecule has 1 aromatic carbocycles. The molecule has 1 aromatic heterocycles. The number of hydrogen-bond acceptors (Lipinski definition) is 2. The summed E-state index contributed by atoms with van der Waals surface area (Å²) in [5.41, 5.74) is -0.552. The van der Waals surface area contributed by atoms with Crippen molar-refractivity contribution in [2.75, 3.05) is 0 Å². The van der Waals surface area contributed by atoms with E-state index in [1.54, 1.807) is 6.92 Å². The molecule has 2 rings (SSSR count). The Morgan fingerprint density at radius 2 is 2.18 bits per heavy atom. The zero-order valence-corrected chi connectivity index (χ0v) is 8.90. The Morgan fingerprint density at radius 3 is 2.71 bits per heavy atom. The van der Waals surface area contributed by atoms with Crippen LogP contribution < -0.4 is 5.69 Å². The molecule has 5 nitrogen and oxygen atoms in total. The Labute approximate surface area is 95.1 Å². The SMILES string of the molecule is Cc1c[nH]c(=O)n1-c1cccc(C(=O)O)c1F. The third-order valence-electron chi connectivity index (χ3n) is 2.41.